The first kappa shape index (κ1) is 28.2. The van der Waals surface area contributed by atoms with Crippen molar-refractivity contribution in [1.29, 1.82) is 0 Å². The van der Waals surface area contributed by atoms with Gasteiger partial charge in [0.25, 0.3) is 0 Å². The summed E-state index contributed by atoms with van der Waals surface area (Å²) in [6, 6.07) is 28.3. The molecule has 0 radical (unpaired) electrons. The van der Waals surface area contributed by atoms with Gasteiger partial charge in [0.2, 0.25) is 0 Å². The molecule has 0 unspecified atom stereocenters. The molecule has 1 aliphatic carbocycles. The van der Waals surface area contributed by atoms with Gasteiger partial charge in [-0.25, -0.2) is 0 Å². The zero-order valence-corrected chi connectivity index (χ0v) is 26.3. The van der Waals surface area contributed by atoms with E-state index in [4.69, 9.17) is 16.6 Å². The van der Waals surface area contributed by atoms with Gasteiger partial charge in [0.15, 0.2) is 0 Å². The van der Waals surface area contributed by atoms with Crippen molar-refractivity contribution in [2.24, 2.45) is 4.99 Å². The van der Waals surface area contributed by atoms with Crippen LogP contribution >= 0.6 is 11.6 Å². The lowest BCUT2D eigenvalue weighted by Gasteiger charge is -2.27. The van der Waals surface area contributed by atoms with Crippen molar-refractivity contribution in [3.63, 3.8) is 0 Å². The molecule has 0 spiro atoms. The number of anilines is 1. The fraction of sp³-hybridized carbons (Fsp3) is 0.256. The van der Waals surface area contributed by atoms with E-state index in [2.05, 4.69) is 143 Å². The van der Waals surface area contributed by atoms with Gasteiger partial charge in [0.05, 0.1) is 0 Å². The molecule has 4 aromatic carbocycles. The van der Waals surface area contributed by atoms with Gasteiger partial charge in [-0.05, 0) is 74.9 Å². The van der Waals surface area contributed by atoms with Crippen LogP contribution in [-0.2, 0) is 10.8 Å². The summed E-state index contributed by atoms with van der Waals surface area (Å²) in [5.41, 5.74) is 8.27. The SMILES string of the molecule is C/N=C(\C=C\C1=C(Cl)C(=C/C=C2/N(C)c3ccc4ccccc4c3C2(C)C)/CC1)C(C)(C)c1cccc2ccccc12. The smallest absolute Gasteiger partial charge is 0.0470 e. The van der Waals surface area contributed by atoms with Crippen LogP contribution in [0.2, 0.25) is 0 Å². The average Bonchev–Trinajstić information content (AvgIpc) is 3.43. The molecular weight excluding hydrogens is 532 g/mol. The molecule has 0 amide bonds. The molecule has 3 heteroatoms. The van der Waals surface area contributed by atoms with Crippen LogP contribution in [0.25, 0.3) is 21.5 Å². The Morgan fingerprint density at radius 1 is 0.857 bits per heavy atom. The van der Waals surface area contributed by atoms with Gasteiger partial charge in [-0.2, -0.15) is 0 Å². The summed E-state index contributed by atoms with van der Waals surface area (Å²) >= 11 is 7.02. The molecule has 42 heavy (non-hydrogen) atoms. The molecule has 0 fully saturated rings. The minimum atomic E-state index is -0.251. The third-order valence-electron chi connectivity index (χ3n) is 9.35. The Balaban J connectivity index is 1.29. The van der Waals surface area contributed by atoms with Crippen molar-refractivity contribution in [2.45, 2.75) is 51.4 Å². The van der Waals surface area contributed by atoms with Crippen LogP contribution in [0.15, 0.2) is 130 Å². The standard InChI is InChI=1S/C39H39ClN2/c1-38(2,32-17-11-14-26-12-7-9-15-30(26)32)34(41-5)24-21-28-18-19-29(37(28)40)22-25-35-39(3,4)36-31-16-10-8-13-27(31)20-23-33(36)42(35)6/h7-17,20-25H,18-19H2,1-6H3/b24-21+,29-22+,35-25+,41-34+. The van der Waals surface area contributed by atoms with Crippen molar-refractivity contribution in [3.05, 3.63) is 136 Å². The van der Waals surface area contributed by atoms with Crippen LogP contribution in [0.1, 0.15) is 51.7 Å². The molecule has 2 nitrogen and oxygen atoms in total. The first-order valence-corrected chi connectivity index (χ1v) is 15.2. The van der Waals surface area contributed by atoms with E-state index < -0.39 is 0 Å². The Kier molecular flexibility index (Phi) is 7.23. The molecule has 1 heterocycles. The molecule has 0 aromatic heterocycles. The van der Waals surface area contributed by atoms with E-state index in [0.29, 0.717) is 0 Å². The summed E-state index contributed by atoms with van der Waals surface area (Å²) < 4.78 is 0. The number of aliphatic imine (C=N–C) groups is 1. The highest BCUT2D eigenvalue weighted by Gasteiger charge is 2.39. The van der Waals surface area contributed by atoms with Crippen molar-refractivity contribution in [2.75, 3.05) is 19.0 Å². The highest BCUT2D eigenvalue weighted by molar-refractivity contribution is 6.33. The maximum absolute atomic E-state index is 7.02. The van der Waals surface area contributed by atoms with Gasteiger partial charge in [0, 0.05) is 47.1 Å². The average molecular weight is 571 g/mol. The van der Waals surface area contributed by atoms with Gasteiger partial charge >= 0.3 is 0 Å². The third kappa shape index (κ3) is 4.63. The van der Waals surface area contributed by atoms with Crippen LogP contribution in [0.5, 0.6) is 0 Å². The number of halogens is 1. The lowest BCUT2D eigenvalue weighted by molar-refractivity contribution is 0.645. The Morgan fingerprint density at radius 3 is 2.26 bits per heavy atom. The zero-order chi connectivity index (χ0) is 29.6. The normalized spacial score (nSPS) is 19.3. The number of hydrogen-bond acceptors (Lipinski definition) is 2. The van der Waals surface area contributed by atoms with Crippen molar-refractivity contribution < 1.29 is 0 Å². The molecule has 212 valence electrons. The maximum Gasteiger partial charge on any atom is 0.0470 e. The number of likely N-dealkylation sites (N-methyl/N-ethyl adjacent to an activating group) is 1. The van der Waals surface area contributed by atoms with Crippen LogP contribution in [0.4, 0.5) is 5.69 Å². The summed E-state index contributed by atoms with van der Waals surface area (Å²) in [4.78, 5) is 7.08. The zero-order valence-electron chi connectivity index (χ0n) is 25.5. The van der Waals surface area contributed by atoms with Gasteiger partial charge in [-0.1, -0.05) is 124 Å². The Labute approximate surface area is 255 Å². The van der Waals surface area contributed by atoms with Crippen molar-refractivity contribution >= 4 is 44.5 Å². The highest BCUT2D eigenvalue weighted by Crippen LogP contribution is 2.50. The molecule has 0 N–H and O–H groups in total. The number of allylic oxidation sites excluding steroid dienone is 8. The summed E-state index contributed by atoms with van der Waals surface area (Å²) in [6.45, 7) is 9.17. The Bertz CT molecular complexity index is 1860. The summed E-state index contributed by atoms with van der Waals surface area (Å²) in [6.07, 6.45) is 10.7. The molecule has 0 bridgehead atoms. The minimum absolute atomic E-state index is 0.112. The van der Waals surface area contributed by atoms with Crippen LogP contribution < -0.4 is 4.90 Å². The quantitative estimate of drug-likeness (QED) is 0.218. The highest BCUT2D eigenvalue weighted by atomic mass is 35.5. The van der Waals surface area contributed by atoms with E-state index in [0.717, 1.165) is 23.6 Å². The third-order valence-corrected chi connectivity index (χ3v) is 9.84. The predicted molar refractivity (Wildman–Crippen MR) is 183 cm³/mol. The van der Waals surface area contributed by atoms with E-state index in [1.54, 1.807) is 0 Å². The van der Waals surface area contributed by atoms with E-state index in [9.17, 15) is 0 Å². The Hall–Kier alpha value is -3.88. The van der Waals surface area contributed by atoms with Gasteiger partial charge in [0.1, 0.15) is 0 Å². The summed E-state index contributed by atoms with van der Waals surface area (Å²) in [5.74, 6) is 0. The lowest BCUT2D eigenvalue weighted by Crippen LogP contribution is -2.28. The molecule has 0 saturated heterocycles. The van der Waals surface area contributed by atoms with E-state index in [1.807, 2.05) is 7.05 Å². The van der Waals surface area contributed by atoms with Crippen LogP contribution in [-0.4, -0.2) is 19.8 Å². The second kappa shape index (κ2) is 10.7. The fourth-order valence-electron chi connectivity index (χ4n) is 7.03. The number of nitrogens with zero attached hydrogens (tertiary/aromatic N) is 2. The second-order valence-electron chi connectivity index (χ2n) is 12.5. The largest absolute Gasteiger partial charge is 0.347 e. The molecule has 0 saturated carbocycles. The first-order chi connectivity index (χ1) is 20.1. The first-order valence-electron chi connectivity index (χ1n) is 14.8. The summed E-state index contributed by atoms with van der Waals surface area (Å²) in [7, 11) is 4.06. The van der Waals surface area contributed by atoms with Crippen molar-refractivity contribution in [1.82, 2.24) is 0 Å². The molecular formula is C39H39ClN2. The second-order valence-corrected chi connectivity index (χ2v) is 12.9. The molecule has 4 aromatic rings. The number of rotatable bonds is 5. The van der Waals surface area contributed by atoms with E-state index >= 15 is 0 Å². The van der Waals surface area contributed by atoms with Crippen LogP contribution in [0.3, 0.4) is 0 Å². The fourth-order valence-corrected chi connectivity index (χ4v) is 7.35. The maximum atomic E-state index is 7.02. The van der Waals surface area contributed by atoms with Gasteiger partial charge in [-0.3, -0.25) is 4.99 Å². The number of fused-ring (bicyclic) bond motifs is 4. The van der Waals surface area contributed by atoms with E-state index in [-0.39, 0.29) is 10.8 Å². The molecule has 2 aliphatic rings. The van der Waals surface area contributed by atoms with Gasteiger partial charge in [-0.15, -0.1) is 0 Å². The topological polar surface area (TPSA) is 15.6 Å². The minimum Gasteiger partial charge on any atom is -0.347 e. The Morgan fingerprint density at radius 2 is 1.52 bits per heavy atom. The monoisotopic (exact) mass is 570 g/mol. The number of benzene rings is 4. The van der Waals surface area contributed by atoms with Gasteiger partial charge < -0.3 is 4.90 Å². The molecule has 0 atom stereocenters. The molecule has 6 rings (SSSR count). The number of hydrogen-bond donors (Lipinski definition) is 0. The van der Waals surface area contributed by atoms with Crippen molar-refractivity contribution in [3.8, 4) is 0 Å². The summed E-state index contributed by atoms with van der Waals surface area (Å²) in [5, 5.41) is 6.00. The lowest BCUT2D eigenvalue weighted by atomic mass is 9.77. The van der Waals surface area contributed by atoms with Crippen LogP contribution in [0, 0.1) is 0 Å². The predicted octanol–water partition coefficient (Wildman–Crippen LogP) is 10.4. The molecule has 1 aliphatic heterocycles. The van der Waals surface area contributed by atoms with E-state index in [1.165, 1.54) is 55.2 Å².